The molecule has 0 radical (unpaired) electrons. The molecule has 0 fully saturated rings. The fourth-order valence-corrected chi connectivity index (χ4v) is 4.00. The van der Waals surface area contributed by atoms with Crippen molar-refractivity contribution in [1.29, 1.82) is 0 Å². The Morgan fingerprint density at radius 1 is 0.903 bits per heavy atom. The van der Waals surface area contributed by atoms with Gasteiger partial charge in [0, 0.05) is 16.8 Å². The summed E-state index contributed by atoms with van der Waals surface area (Å²) < 4.78 is 30.5. The molecule has 158 valence electrons. The molecule has 0 spiro atoms. The van der Waals surface area contributed by atoms with Gasteiger partial charge < -0.3 is 10.2 Å². The molecule has 4 aromatic rings. The summed E-state index contributed by atoms with van der Waals surface area (Å²) in [6.45, 7) is 5.12. The van der Waals surface area contributed by atoms with Gasteiger partial charge in [0.1, 0.15) is 5.69 Å². The fraction of sp³-hybridized carbons (Fsp3) is 0.182. The number of rotatable bonds is 5. The lowest BCUT2D eigenvalue weighted by atomic mass is 10.1. The highest BCUT2D eigenvalue weighted by atomic mass is 32.2. The minimum atomic E-state index is -3.34. The number of nitrogen functional groups attached to an aromatic ring is 1. The highest BCUT2D eigenvalue weighted by Gasteiger charge is 2.20. The summed E-state index contributed by atoms with van der Waals surface area (Å²) in [7, 11) is -3.34. The van der Waals surface area contributed by atoms with Crippen LogP contribution in [0.5, 0.6) is 0 Å². The van der Waals surface area contributed by atoms with Crippen LogP contribution in [0.2, 0.25) is 0 Å². The van der Waals surface area contributed by atoms with Crippen LogP contribution in [-0.4, -0.2) is 33.8 Å². The van der Waals surface area contributed by atoms with Crippen molar-refractivity contribution in [2.24, 2.45) is 0 Å². The maximum atomic E-state index is 12.3. The van der Waals surface area contributed by atoms with Crippen molar-refractivity contribution in [3.63, 3.8) is 0 Å². The van der Waals surface area contributed by atoms with Crippen LogP contribution in [0.25, 0.3) is 34.3 Å². The van der Waals surface area contributed by atoms with E-state index in [1.165, 1.54) is 0 Å². The number of aromatic nitrogens is 4. The molecule has 2 aromatic carbocycles. The molecule has 4 rings (SSSR count). The van der Waals surface area contributed by atoms with Crippen LogP contribution < -0.4 is 5.73 Å². The average molecular weight is 436 g/mol. The van der Waals surface area contributed by atoms with Crippen LogP contribution in [0.4, 0.5) is 5.69 Å². The van der Waals surface area contributed by atoms with Crippen molar-refractivity contribution in [2.45, 2.75) is 30.9 Å². The van der Waals surface area contributed by atoms with Gasteiger partial charge in [-0.1, -0.05) is 12.1 Å². The summed E-state index contributed by atoms with van der Waals surface area (Å²) in [6.07, 6.45) is 1.63. The Balaban J connectivity index is 1.68. The topological polar surface area (TPSA) is 125 Å². The Hall–Kier alpha value is -3.59. The first-order chi connectivity index (χ1) is 14.8. The van der Waals surface area contributed by atoms with Crippen molar-refractivity contribution in [3.05, 3.63) is 60.4 Å². The van der Waals surface area contributed by atoms with Crippen molar-refractivity contribution in [3.8, 4) is 34.3 Å². The van der Waals surface area contributed by atoms with Crippen LogP contribution in [0.3, 0.4) is 0 Å². The Morgan fingerprint density at radius 2 is 1.52 bits per heavy atom. The molecule has 0 aliphatic heterocycles. The lowest BCUT2D eigenvalue weighted by molar-refractivity contribution is 0.581. The second-order valence-electron chi connectivity index (χ2n) is 7.34. The van der Waals surface area contributed by atoms with E-state index in [1.54, 1.807) is 75.5 Å². The predicted octanol–water partition coefficient (Wildman–Crippen LogP) is 3.93. The number of nitrogens with zero attached hydrogens (tertiary/aromatic N) is 4. The Kier molecular flexibility index (Phi) is 5.28. The molecule has 8 nitrogen and oxygen atoms in total. The van der Waals surface area contributed by atoms with E-state index >= 15 is 0 Å². The summed E-state index contributed by atoms with van der Waals surface area (Å²) in [4.78, 5) is 9.31. The average Bonchev–Trinajstić information content (AvgIpc) is 3.24. The highest BCUT2D eigenvalue weighted by molar-refractivity contribution is 7.92. The number of hydrogen-bond donors (Lipinski definition) is 1. The largest absolute Gasteiger partial charge is 0.415 e. The minimum absolute atomic E-state index is 0.248. The Labute approximate surface area is 180 Å². The number of aryl methyl sites for hydroxylation is 1. The van der Waals surface area contributed by atoms with Gasteiger partial charge in [-0.3, -0.25) is 4.98 Å². The van der Waals surface area contributed by atoms with Gasteiger partial charge in [-0.05, 0) is 57.2 Å². The second-order valence-corrected chi connectivity index (χ2v) is 9.85. The number of benzene rings is 2. The van der Waals surface area contributed by atoms with Crippen LogP contribution in [-0.2, 0) is 9.84 Å². The molecule has 0 aliphatic carbocycles. The van der Waals surface area contributed by atoms with E-state index in [4.69, 9.17) is 10.2 Å². The molecule has 2 N–H and O–H groups in total. The van der Waals surface area contributed by atoms with Gasteiger partial charge in [-0.25, -0.2) is 13.4 Å². The van der Waals surface area contributed by atoms with E-state index in [0.29, 0.717) is 28.7 Å². The third-order valence-electron chi connectivity index (χ3n) is 4.84. The van der Waals surface area contributed by atoms with Gasteiger partial charge in [-0.15, -0.1) is 10.2 Å². The third-order valence-corrected chi connectivity index (χ3v) is 7.01. The smallest absolute Gasteiger partial charge is 0.268 e. The predicted molar refractivity (Wildman–Crippen MR) is 118 cm³/mol. The molecule has 9 heteroatoms. The zero-order valence-electron chi connectivity index (χ0n) is 17.3. The quantitative estimate of drug-likeness (QED) is 0.467. The summed E-state index contributed by atoms with van der Waals surface area (Å²) in [5, 5.41) is 7.73. The number of sulfone groups is 1. The SMILES string of the molecule is Cc1ncc(-c2ccc(S(=O)(=O)C(C)C)cc2)nc1-c1nnc(-c2ccc(N)cc2)o1. The molecular weight excluding hydrogens is 414 g/mol. The van der Waals surface area contributed by atoms with Crippen LogP contribution in [0.1, 0.15) is 19.5 Å². The molecule has 2 aromatic heterocycles. The van der Waals surface area contributed by atoms with Gasteiger partial charge >= 0.3 is 0 Å². The van der Waals surface area contributed by atoms with Crippen molar-refractivity contribution in [2.75, 3.05) is 5.73 Å². The zero-order chi connectivity index (χ0) is 22.2. The molecule has 2 heterocycles. The van der Waals surface area contributed by atoms with Gasteiger partial charge in [0.25, 0.3) is 5.89 Å². The molecule has 0 saturated heterocycles. The van der Waals surface area contributed by atoms with Crippen LogP contribution in [0.15, 0.2) is 64.0 Å². The van der Waals surface area contributed by atoms with E-state index in [1.807, 2.05) is 0 Å². The molecule has 31 heavy (non-hydrogen) atoms. The highest BCUT2D eigenvalue weighted by Crippen LogP contribution is 2.27. The third kappa shape index (κ3) is 4.04. The second kappa shape index (κ2) is 7.92. The summed E-state index contributed by atoms with van der Waals surface area (Å²) >= 11 is 0. The normalized spacial score (nSPS) is 11.7. The van der Waals surface area contributed by atoms with Crippen LogP contribution >= 0.6 is 0 Å². The standard InChI is InChI=1S/C22H21N5O3S/c1-13(2)31(28,29)18-10-6-15(7-11-18)19-12-24-14(3)20(25-19)22-27-26-21(30-22)16-4-8-17(23)9-5-16/h4-13H,23H2,1-3H3. The van der Waals surface area contributed by atoms with E-state index < -0.39 is 15.1 Å². The molecular formula is C22H21N5O3S. The first-order valence-electron chi connectivity index (χ1n) is 9.63. The monoisotopic (exact) mass is 435 g/mol. The minimum Gasteiger partial charge on any atom is -0.415 e. The number of hydrogen-bond acceptors (Lipinski definition) is 8. The molecule has 0 saturated carbocycles. The van der Waals surface area contributed by atoms with Gasteiger partial charge in [0.15, 0.2) is 9.84 Å². The summed E-state index contributed by atoms with van der Waals surface area (Å²) in [5.74, 6) is 0.600. The van der Waals surface area contributed by atoms with Crippen molar-refractivity contribution >= 4 is 15.5 Å². The van der Waals surface area contributed by atoms with Crippen molar-refractivity contribution < 1.29 is 12.8 Å². The Bertz CT molecular complexity index is 1330. The zero-order valence-corrected chi connectivity index (χ0v) is 18.1. The van der Waals surface area contributed by atoms with E-state index in [0.717, 1.165) is 11.1 Å². The molecule has 0 unspecified atom stereocenters. The van der Waals surface area contributed by atoms with Gasteiger partial charge in [-0.2, -0.15) is 0 Å². The van der Waals surface area contributed by atoms with Crippen LogP contribution in [0, 0.1) is 6.92 Å². The maximum Gasteiger partial charge on any atom is 0.268 e. The fourth-order valence-electron chi connectivity index (χ4n) is 2.94. The Morgan fingerprint density at radius 3 is 2.16 bits per heavy atom. The molecule has 0 amide bonds. The first kappa shape index (κ1) is 20.7. The maximum absolute atomic E-state index is 12.3. The first-order valence-corrected chi connectivity index (χ1v) is 11.2. The number of anilines is 1. The van der Waals surface area contributed by atoms with E-state index in [-0.39, 0.29) is 10.8 Å². The summed E-state index contributed by atoms with van der Waals surface area (Å²) in [5.41, 5.74) is 9.51. The molecule has 0 bridgehead atoms. The van der Waals surface area contributed by atoms with Gasteiger partial charge in [0.05, 0.1) is 27.7 Å². The molecule has 0 aliphatic rings. The van der Waals surface area contributed by atoms with E-state index in [9.17, 15) is 8.42 Å². The van der Waals surface area contributed by atoms with Gasteiger partial charge in [0.2, 0.25) is 5.89 Å². The lowest BCUT2D eigenvalue weighted by Crippen LogP contribution is -2.13. The lowest BCUT2D eigenvalue weighted by Gasteiger charge is -2.09. The van der Waals surface area contributed by atoms with Crippen molar-refractivity contribution in [1.82, 2.24) is 20.2 Å². The molecule has 0 atom stereocenters. The summed E-state index contributed by atoms with van der Waals surface area (Å²) in [6, 6.07) is 13.7. The van der Waals surface area contributed by atoms with E-state index in [2.05, 4.69) is 20.2 Å². The number of nitrogens with two attached hydrogens (primary N) is 1.